The Morgan fingerprint density at radius 1 is 1.13 bits per heavy atom. The second kappa shape index (κ2) is 7.25. The summed E-state index contributed by atoms with van der Waals surface area (Å²) in [5.74, 6) is -0.128. The molecule has 2 aromatic carbocycles. The van der Waals surface area contributed by atoms with Gasteiger partial charge in [0.05, 0.1) is 5.75 Å². The van der Waals surface area contributed by atoms with Crippen LogP contribution in [0.2, 0.25) is 0 Å². The number of anilines is 1. The van der Waals surface area contributed by atoms with Gasteiger partial charge in [0.2, 0.25) is 5.39 Å². The van der Waals surface area contributed by atoms with Crippen LogP contribution >= 0.6 is 0 Å². The molecular weight excluding hydrogens is 310 g/mol. The topological polar surface area (TPSA) is 65.5 Å². The first-order valence-electron chi connectivity index (χ1n) is 7.45. The van der Waals surface area contributed by atoms with Crippen LogP contribution in [0.15, 0.2) is 53.4 Å². The first-order valence-corrected chi connectivity index (χ1v) is 9.10. The minimum atomic E-state index is -3.61. The second-order valence-corrected chi connectivity index (χ2v) is 7.38. The molecule has 0 aliphatic rings. The predicted octanol–water partition coefficient (Wildman–Crippen LogP) is 3.99. The molecule has 0 N–H and O–H groups in total. The summed E-state index contributed by atoms with van der Waals surface area (Å²) in [6.45, 7) is 2.87. The van der Waals surface area contributed by atoms with Gasteiger partial charge in [-0.2, -0.15) is 0 Å². The summed E-state index contributed by atoms with van der Waals surface area (Å²) < 4.78 is 25.4. The van der Waals surface area contributed by atoms with E-state index >= 15 is 0 Å². The van der Waals surface area contributed by atoms with E-state index in [0.717, 1.165) is 18.7 Å². The molecule has 6 heteroatoms. The standard InChI is InChI=1S/C17H20N3O2S/c1-3-11-20(2)15-9-10-16(19-18)17(12-15)23(21,22)13-14-7-5-4-6-8-14/h4-10,12H,3,11,13H2,1-2H3/q+1. The van der Waals surface area contributed by atoms with E-state index in [2.05, 4.69) is 11.9 Å². The third kappa shape index (κ3) is 4.08. The highest BCUT2D eigenvalue weighted by atomic mass is 32.2. The Kier molecular flexibility index (Phi) is 5.35. The Bertz CT molecular complexity index is 811. The molecular formula is C17H20N3O2S+. The highest BCUT2D eigenvalue weighted by Gasteiger charge is 2.27. The van der Waals surface area contributed by atoms with E-state index in [4.69, 9.17) is 5.39 Å². The van der Waals surface area contributed by atoms with Crippen LogP contribution in [0.25, 0.3) is 4.98 Å². The quantitative estimate of drug-likeness (QED) is 0.751. The van der Waals surface area contributed by atoms with Crippen LogP contribution in [0.1, 0.15) is 18.9 Å². The summed E-state index contributed by atoms with van der Waals surface area (Å²) in [7, 11) is -1.70. The summed E-state index contributed by atoms with van der Waals surface area (Å²) in [4.78, 5) is 5.15. The second-order valence-electron chi connectivity index (χ2n) is 5.42. The molecule has 0 unspecified atom stereocenters. The number of hydrogen-bond donors (Lipinski definition) is 0. The summed E-state index contributed by atoms with van der Waals surface area (Å²) >= 11 is 0. The summed E-state index contributed by atoms with van der Waals surface area (Å²) in [5.41, 5.74) is 1.55. The fraction of sp³-hybridized carbons (Fsp3) is 0.294. The van der Waals surface area contributed by atoms with Crippen molar-refractivity contribution in [2.24, 2.45) is 0 Å². The molecule has 0 saturated heterocycles. The highest BCUT2D eigenvalue weighted by Crippen LogP contribution is 2.31. The average Bonchev–Trinajstić information content (AvgIpc) is 2.55. The van der Waals surface area contributed by atoms with Gasteiger partial charge in [-0.3, -0.25) is 0 Å². The van der Waals surface area contributed by atoms with E-state index in [1.165, 1.54) is 6.07 Å². The molecule has 0 amide bonds. The molecule has 5 nitrogen and oxygen atoms in total. The van der Waals surface area contributed by atoms with E-state index in [1.54, 1.807) is 36.4 Å². The normalized spacial score (nSPS) is 11.0. The van der Waals surface area contributed by atoms with Crippen LogP contribution in [0, 0.1) is 5.39 Å². The molecule has 0 heterocycles. The van der Waals surface area contributed by atoms with Gasteiger partial charge in [-0.05, 0) is 24.1 Å². The number of hydrogen-bond acceptors (Lipinski definition) is 4. The van der Waals surface area contributed by atoms with Crippen LogP contribution in [0.3, 0.4) is 0 Å². The molecule has 0 spiro atoms. The third-order valence-corrected chi connectivity index (χ3v) is 5.30. The molecule has 0 bridgehead atoms. The molecule has 0 radical (unpaired) electrons. The summed E-state index contributed by atoms with van der Waals surface area (Å²) in [6.07, 6.45) is 0.953. The molecule has 2 aromatic rings. The Morgan fingerprint density at radius 2 is 1.83 bits per heavy atom. The SMILES string of the molecule is CCCN(C)c1ccc([N+]#N)c(S(=O)(=O)Cc2ccccc2)c1. The molecule has 23 heavy (non-hydrogen) atoms. The lowest BCUT2D eigenvalue weighted by atomic mass is 10.2. The van der Waals surface area contributed by atoms with Crippen molar-refractivity contribution in [2.45, 2.75) is 24.0 Å². The predicted molar refractivity (Wildman–Crippen MR) is 92.1 cm³/mol. The van der Waals surface area contributed by atoms with E-state index in [-0.39, 0.29) is 16.3 Å². The van der Waals surface area contributed by atoms with Crippen LogP contribution in [0.5, 0.6) is 0 Å². The highest BCUT2D eigenvalue weighted by molar-refractivity contribution is 7.90. The Morgan fingerprint density at radius 3 is 2.43 bits per heavy atom. The molecule has 0 aromatic heterocycles. The van der Waals surface area contributed by atoms with Crippen LogP contribution in [-0.2, 0) is 15.6 Å². The zero-order valence-corrected chi connectivity index (χ0v) is 14.1. The van der Waals surface area contributed by atoms with Crippen molar-refractivity contribution in [2.75, 3.05) is 18.5 Å². The van der Waals surface area contributed by atoms with Gasteiger partial charge in [-0.1, -0.05) is 37.3 Å². The average molecular weight is 330 g/mol. The van der Waals surface area contributed by atoms with Crippen molar-refractivity contribution in [3.63, 3.8) is 0 Å². The zero-order valence-electron chi connectivity index (χ0n) is 13.3. The van der Waals surface area contributed by atoms with E-state index in [9.17, 15) is 8.42 Å². The zero-order chi connectivity index (χ0) is 16.9. The lowest BCUT2D eigenvalue weighted by Gasteiger charge is -2.18. The largest absolute Gasteiger partial charge is 0.403 e. The Hall–Kier alpha value is -2.39. The van der Waals surface area contributed by atoms with Gasteiger partial charge in [0.25, 0.3) is 0 Å². The van der Waals surface area contributed by atoms with E-state index in [0.29, 0.717) is 5.56 Å². The number of diazo groups is 1. The van der Waals surface area contributed by atoms with Crippen LogP contribution in [0.4, 0.5) is 11.4 Å². The fourth-order valence-corrected chi connectivity index (χ4v) is 3.92. The maximum Gasteiger partial charge on any atom is 0.403 e. The number of nitrogens with zero attached hydrogens (tertiary/aromatic N) is 3. The summed E-state index contributed by atoms with van der Waals surface area (Å²) in [6, 6.07) is 13.8. The summed E-state index contributed by atoms with van der Waals surface area (Å²) in [5, 5.41) is 9.13. The van der Waals surface area contributed by atoms with Gasteiger partial charge in [0.15, 0.2) is 19.7 Å². The van der Waals surface area contributed by atoms with Crippen molar-refractivity contribution in [3.8, 4) is 0 Å². The van der Waals surface area contributed by atoms with Gasteiger partial charge in [-0.15, -0.1) is 0 Å². The molecule has 0 aliphatic carbocycles. The Balaban J connectivity index is 2.43. The fourth-order valence-electron chi connectivity index (χ4n) is 2.41. The van der Waals surface area contributed by atoms with Crippen molar-refractivity contribution >= 4 is 21.2 Å². The van der Waals surface area contributed by atoms with Crippen molar-refractivity contribution < 1.29 is 8.42 Å². The third-order valence-electron chi connectivity index (χ3n) is 3.59. The maximum absolute atomic E-state index is 12.7. The molecule has 2 rings (SSSR count). The molecule has 120 valence electrons. The van der Waals surface area contributed by atoms with E-state index < -0.39 is 9.84 Å². The van der Waals surface area contributed by atoms with Crippen molar-refractivity contribution in [1.82, 2.24) is 0 Å². The first kappa shape index (κ1) is 17.0. The van der Waals surface area contributed by atoms with Gasteiger partial charge in [0, 0.05) is 25.3 Å². The minimum absolute atomic E-state index is 0.0457. The van der Waals surface area contributed by atoms with Crippen molar-refractivity contribution in [1.29, 1.82) is 5.39 Å². The van der Waals surface area contributed by atoms with Gasteiger partial charge >= 0.3 is 5.69 Å². The van der Waals surface area contributed by atoms with Gasteiger partial charge < -0.3 is 4.90 Å². The molecule has 0 aliphatic heterocycles. The van der Waals surface area contributed by atoms with Gasteiger partial charge in [0.1, 0.15) is 0 Å². The van der Waals surface area contributed by atoms with Crippen LogP contribution in [-0.4, -0.2) is 22.0 Å². The van der Waals surface area contributed by atoms with Gasteiger partial charge in [-0.25, -0.2) is 8.42 Å². The lowest BCUT2D eigenvalue weighted by Crippen LogP contribution is -2.18. The number of benzene rings is 2. The minimum Gasteiger partial charge on any atom is -0.375 e. The maximum atomic E-state index is 12.7. The van der Waals surface area contributed by atoms with Crippen LogP contribution < -0.4 is 4.90 Å². The number of rotatable bonds is 6. The lowest BCUT2D eigenvalue weighted by molar-refractivity contribution is 0.595. The Labute approximate surface area is 137 Å². The molecule has 0 fully saturated rings. The molecule has 0 atom stereocenters. The number of sulfone groups is 1. The van der Waals surface area contributed by atoms with Crippen molar-refractivity contribution in [3.05, 3.63) is 59.1 Å². The molecule has 0 saturated carbocycles. The first-order chi connectivity index (χ1) is 11.0. The smallest absolute Gasteiger partial charge is 0.375 e. The monoisotopic (exact) mass is 330 g/mol. The van der Waals surface area contributed by atoms with E-state index in [1.807, 2.05) is 18.0 Å².